The molecule has 0 saturated carbocycles. The van der Waals surface area contributed by atoms with Gasteiger partial charge in [0.25, 0.3) is 11.8 Å². The van der Waals surface area contributed by atoms with Gasteiger partial charge in [0.1, 0.15) is 5.82 Å². The quantitative estimate of drug-likeness (QED) is 0.211. The number of aliphatic imine (C=N–C) groups is 2. The van der Waals surface area contributed by atoms with Crippen LogP contribution in [-0.2, 0) is 0 Å². The Hall–Kier alpha value is -4.59. The highest BCUT2D eigenvalue weighted by Gasteiger charge is 2.10. The molecule has 36 heavy (non-hydrogen) atoms. The molecule has 4 aromatic rings. The molecule has 10 heteroatoms. The van der Waals surface area contributed by atoms with Crippen molar-refractivity contribution in [3.63, 3.8) is 0 Å². The molecule has 0 bridgehead atoms. The number of carbonyl (C=O) groups excluding carboxylic acids is 2. The molecular formula is C26H17FN4O3S2. The van der Waals surface area contributed by atoms with Gasteiger partial charge in [-0.2, -0.15) is 9.98 Å². The Balaban J connectivity index is 0.000000202. The average molecular weight is 517 g/mol. The lowest BCUT2D eigenvalue weighted by molar-refractivity contribution is 0.0994. The van der Waals surface area contributed by atoms with E-state index in [9.17, 15) is 14.0 Å². The maximum Gasteiger partial charge on any atom is 0.291 e. The molecule has 178 valence electrons. The number of benzene rings is 3. The number of hydrogen-bond donors (Lipinski definition) is 2. The molecule has 0 spiro atoms. The van der Waals surface area contributed by atoms with Gasteiger partial charge in [0.2, 0.25) is 0 Å². The van der Waals surface area contributed by atoms with Crippen LogP contribution in [0.2, 0.25) is 0 Å². The van der Waals surface area contributed by atoms with Crippen molar-refractivity contribution < 1.29 is 18.4 Å². The van der Waals surface area contributed by atoms with Crippen molar-refractivity contribution in [3.05, 3.63) is 108 Å². The van der Waals surface area contributed by atoms with Crippen molar-refractivity contribution in [1.82, 2.24) is 0 Å². The van der Waals surface area contributed by atoms with E-state index < -0.39 is 11.7 Å². The van der Waals surface area contributed by atoms with Crippen molar-refractivity contribution in [2.75, 3.05) is 10.6 Å². The van der Waals surface area contributed by atoms with Crippen molar-refractivity contribution in [2.24, 2.45) is 9.98 Å². The van der Waals surface area contributed by atoms with Crippen molar-refractivity contribution in [2.45, 2.75) is 0 Å². The highest BCUT2D eigenvalue weighted by molar-refractivity contribution is 7.78. The monoisotopic (exact) mass is 516 g/mol. The number of nitrogens with one attached hydrogen (secondary N) is 2. The van der Waals surface area contributed by atoms with Crippen LogP contribution in [0.1, 0.15) is 20.9 Å². The summed E-state index contributed by atoms with van der Waals surface area (Å²) >= 11 is 8.98. The summed E-state index contributed by atoms with van der Waals surface area (Å²) < 4.78 is 18.4. The Bertz CT molecular complexity index is 1430. The minimum Gasteiger partial charge on any atom is -0.459 e. The van der Waals surface area contributed by atoms with Crippen LogP contribution in [0, 0.1) is 5.82 Å². The van der Waals surface area contributed by atoms with Gasteiger partial charge in [-0.3, -0.25) is 9.59 Å². The molecule has 4 rings (SSSR count). The third-order valence-electron chi connectivity index (χ3n) is 4.46. The second-order valence-corrected chi connectivity index (χ2v) is 7.23. The minimum absolute atomic E-state index is 0.00323. The first-order valence-corrected chi connectivity index (χ1v) is 11.1. The minimum atomic E-state index is -0.554. The zero-order valence-electron chi connectivity index (χ0n) is 18.5. The van der Waals surface area contributed by atoms with E-state index in [1.54, 1.807) is 66.7 Å². The fraction of sp³-hybridized carbons (Fsp3) is 0. The number of halogens is 1. The predicted molar refractivity (Wildman–Crippen MR) is 143 cm³/mol. The summed E-state index contributed by atoms with van der Waals surface area (Å²) in [5.41, 5.74) is 2.55. The van der Waals surface area contributed by atoms with Crippen LogP contribution in [0.5, 0.6) is 0 Å². The maximum atomic E-state index is 13.4. The number of thiocarbonyl (C=S) groups is 2. The standard InChI is InChI=1S/C14H9FN2OS.C12H8N2O2S/c15-13-4-2-1-3-12(13)14(18)17-11-7-5-10(6-8-11)16-9-19;15-12(11-2-1-7-16-11)14-10-5-3-9(4-6-10)13-8-17/h1-8H,(H,17,18);1-7H,(H,14,15). The number of carbonyl (C=O) groups is 2. The highest BCUT2D eigenvalue weighted by atomic mass is 32.1. The van der Waals surface area contributed by atoms with Crippen LogP contribution in [0.25, 0.3) is 0 Å². The number of anilines is 2. The molecule has 0 aliphatic heterocycles. The molecule has 0 aliphatic rings. The Labute approximate surface area is 216 Å². The summed E-state index contributed by atoms with van der Waals surface area (Å²) in [4.78, 5) is 31.1. The Kier molecular flexibility index (Phi) is 9.64. The van der Waals surface area contributed by atoms with Crippen LogP contribution in [0.15, 0.2) is 106 Å². The highest BCUT2D eigenvalue weighted by Crippen LogP contribution is 2.18. The van der Waals surface area contributed by atoms with Gasteiger partial charge in [-0.25, -0.2) is 4.39 Å². The van der Waals surface area contributed by atoms with Gasteiger partial charge < -0.3 is 15.1 Å². The molecule has 2 N–H and O–H groups in total. The number of amides is 2. The summed E-state index contributed by atoms with van der Waals surface area (Å²) in [6, 6.07) is 22.7. The first kappa shape index (κ1) is 26.0. The molecule has 0 saturated heterocycles. The number of isothiocyanates is 2. The number of rotatable bonds is 6. The fourth-order valence-corrected chi connectivity index (χ4v) is 3.00. The SMILES string of the molecule is O=C(Nc1ccc(N=C=S)cc1)c1ccccc1F.O=C(Nc1ccc(N=C=S)cc1)c1ccco1. The molecule has 7 nitrogen and oxygen atoms in total. The van der Waals surface area contributed by atoms with E-state index in [-0.39, 0.29) is 17.2 Å². The lowest BCUT2D eigenvalue weighted by atomic mass is 10.2. The summed E-state index contributed by atoms with van der Waals surface area (Å²) in [5.74, 6) is -1.07. The van der Waals surface area contributed by atoms with E-state index in [0.29, 0.717) is 22.7 Å². The Morgan fingerprint density at radius 3 is 1.72 bits per heavy atom. The molecule has 0 radical (unpaired) electrons. The zero-order valence-corrected chi connectivity index (χ0v) is 20.1. The van der Waals surface area contributed by atoms with Crippen molar-refractivity contribution in [3.8, 4) is 0 Å². The smallest absolute Gasteiger partial charge is 0.291 e. The molecule has 1 aromatic heterocycles. The predicted octanol–water partition coefficient (Wildman–Crippen LogP) is 7.08. The Morgan fingerprint density at radius 2 is 1.25 bits per heavy atom. The van der Waals surface area contributed by atoms with E-state index >= 15 is 0 Å². The summed E-state index contributed by atoms with van der Waals surface area (Å²) in [5, 5.41) is 9.82. The number of furan rings is 1. The third-order valence-corrected chi connectivity index (χ3v) is 4.65. The zero-order chi connectivity index (χ0) is 25.8. The normalized spacial score (nSPS) is 9.47. The van der Waals surface area contributed by atoms with E-state index in [0.717, 1.165) is 0 Å². The van der Waals surface area contributed by atoms with E-state index in [2.05, 4.69) is 55.4 Å². The molecule has 0 fully saturated rings. The molecule has 0 atom stereocenters. The molecule has 0 aliphatic carbocycles. The van der Waals surface area contributed by atoms with Gasteiger partial charge in [-0.1, -0.05) is 12.1 Å². The largest absolute Gasteiger partial charge is 0.459 e. The molecule has 0 unspecified atom stereocenters. The maximum absolute atomic E-state index is 13.4. The van der Waals surface area contributed by atoms with Crippen LogP contribution in [0.4, 0.5) is 27.1 Å². The van der Waals surface area contributed by atoms with Crippen LogP contribution < -0.4 is 10.6 Å². The Morgan fingerprint density at radius 1 is 0.722 bits per heavy atom. The molecule has 2 amide bonds. The fourth-order valence-electron chi connectivity index (χ4n) is 2.79. The summed E-state index contributed by atoms with van der Waals surface area (Å²) in [6.45, 7) is 0. The second-order valence-electron chi connectivity index (χ2n) is 6.87. The molecule has 1 heterocycles. The first-order chi connectivity index (χ1) is 17.5. The second kappa shape index (κ2) is 13.3. The van der Waals surface area contributed by atoms with Gasteiger partial charge >= 0.3 is 0 Å². The number of hydrogen-bond acceptors (Lipinski definition) is 7. The average Bonchev–Trinajstić information content (AvgIpc) is 3.43. The summed E-state index contributed by atoms with van der Waals surface area (Å²) in [7, 11) is 0. The third kappa shape index (κ3) is 7.73. The van der Waals surface area contributed by atoms with Crippen molar-refractivity contribution in [1.29, 1.82) is 0 Å². The van der Waals surface area contributed by atoms with Crippen LogP contribution in [-0.4, -0.2) is 22.1 Å². The van der Waals surface area contributed by atoms with Gasteiger partial charge in [0.15, 0.2) is 5.76 Å². The van der Waals surface area contributed by atoms with Crippen LogP contribution >= 0.6 is 24.4 Å². The van der Waals surface area contributed by atoms with Crippen molar-refractivity contribution >= 4 is 69.3 Å². The van der Waals surface area contributed by atoms with Gasteiger partial charge in [-0.05, 0) is 97.2 Å². The van der Waals surface area contributed by atoms with Gasteiger partial charge in [-0.15, -0.1) is 0 Å². The number of nitrogens with zero attached hydrogens (tertiary/aromatic N) is 2. The summed E-state index contributed by atoms with van der Waals surface area (Å²) in [6.07, 6.45) is 1.45. The molecular weight excluding hydrogens is 499 g/mol. The first-order valence-electron chi connectivity index (χ1n) is 10.3. The van der Waals surface area contributed by atoms with E-state index in [1.807, 2.05) is 0 Å². The van der Waals surface area contributed by atoms with E-state index in [1.165, 1.54) is 24.5 Å². The molecule has 3 aromatic carbocycles. The lowest BCUT2D eigenvalue weighted by Gasteiger charge is -2.05. The van der Waals surface area contributed by atoms with Gasteiger partial charge in [0.05, 0.1) is 33.5 Å². The van der Waals surface area contributed by atoms with Gasteiger partial charge in [0, 0.05) is 11.4 Å². The van der Waals surface area contributed by atoms with E-state index in [4.69, 9.17) is 4.42 Å². The topological polar surface area (TPSA) is 96.1 Å². The lowest BCUT2D eigenvalue weighted by Crippen LogP contribution is -2.13. The van der Waals surface area contributed by atoms with Crippen LogP contribution in [0.3, 0.4) is 0 Å².